The molecule has 0 amide bonds. The van der Waals surface area contributed by atoms with Crippen LogP contribution in [0.25, 0.3) is 0 Å². The van der Waals surface area contributed by atoms with Crippen LogP contribution in [-0.2, 0) is 11.0 Å². The van der Waals surface area contributed by atoms with E-state index in [0.717, 1.165) is 6.21 Å². The molecule has 0 aromatic heterocycles. The van der Waals surface area contributed by atoms with Crippen molar-refractivity contribution in [1.82, 2.24) is 0 Å². The maximum absolute atomic E-state index is 13.7. The second-order valence-electron chi connectivity index (χ2n) is 4.81. The smallest absolute Gasteiger partial charge is 0.149 e. The van der Waals surface area contributed by atoms with Gasteiger partial charge in [-0.1, -0.05) is 0 Å². The van der Waals surface area contributed by atoms with Crippen molar-refractivity contribution >= 4 is 33.1 Å². The lowest BCUT2D eigenvalue weighted by atomic mass is 10.1. The van der Waals surface area contributed by atoms with E-state index >= 15 is 0 Å². The van der Waals surface area contributed by atoms with Gasteiger partial charge in [0.1, 0.15) is 22.6 Å². The Labute approximate surface area is 116 Å². The molecule has 0 fully saturated rings. The second kappa shape index (κ2) is 5.57. The number of hydrogen-bond acceptors (Lipinski definition) is 1. The van der Waals surface area contributed by atoms with E-state index in [0.29, 0.717) is 5.56 Å². The molecule has 1 rings (SSSR count). The van der Waals surface area contributed by atoms with E-state index in [4.69, 9.17) is 0 Å². The molecule has 100 valence electrons. The molecule has 0 aliphatic carbocycles. The normalized spacial score (nSPS) is 14.2. The molecule has 1 aromatic rings. The van der Waals surface area contributed by atoms with Gasteiger partial charge in [0.15, 0.2) is 0 Å². The van der Waals surface area contributed by atoms with Gasteiger partial charge in [0.2, 0.25) is 0 Å². The molecule has 0 N–H and O–H groups in total. The van der Waals surface area contributed by atoms with E-state index in [1.807, 2.05) is 0 Å². The Hall–Kier alpha value is -0.620. The first-order chi connectivity index (χ1) is 8.14. The zero-order valence-electron chi connectivity index (χ0n) is 10.6. The van der Waals surface area contributed by atoms with Crippen molar-refractivity contribution in [3.8, 4) is 0 Å². The van der Waals surface area contributed by atoms with Gasteiger partial charge in [-0.2, -0.15) is 4.40 Å². The molecule has 0 spiro atoms. The van der Waals surface area contributed by atoms with Gasteiger partial charge < -0.3 is 0 Å². The van der Waals surface area contributed by atoms with Crippen LogP contribution in [-0.4, -0.2) is 15.2 Å². The summed E-state index contributed by atoms with van der Waals surface area (Å²) in [6, 6.07) is 1.35. The van der Waals surface area contributed by atoms with Crippen molar-refractivity contribution in [3.05, 3.63) is 33.3 Å². The third-order valence-corrected chi connectivity index (χ3v) is 4.10. The zero-order valence-corrected chi connectivity index (χ0v) is 13.0. The van der Waals surface area contributed by atoms with Gasteiger partial charge in [0, 0.05) is 0 Å². The minimum atomic E-state index is -1.55. The summed E-state index contributed by atoms with van der Waals surface area (Å²) in [4.78, 5) is 0. The Kier molecular flexibility index (Phi) is 4.78. The molecule has 1 aromatic carbocycles. The molecule has 0 heterocycles. The second-order valence-corrected chi connectivity index (χ2v) is 7.60. The van der Waals surface area contributed by atoms with Crippen LogP contribution in [0.15, 0.2) is 14.9 Å². The molecule has 1 atom stereocenters. The topological polar surface area (TPSA) is 29.4 Å². The minimum Gasteiger partial charge on any atom is -0.234 e. The van der Waals surface area contributed by atoms with Gasteiger partial charge in [0.25, 0.3) is 0 Å². The quantitative estimate of drug-likeness (QED) is 0.594. The maximum atomic E-state index is 13.7. The first-order valence-corrected chi connectivity index (χ1v) is 7.14. The van der Waals surface area contributed by atoms with Gasteiger partial charge in [0.05, 0.1) is 21.0 Å². The number of hydrogen-bond donors (Lipinski definition) is 0. The molecule has 18 heavy (non-hydrogen) atoms. The van der Waals surface area contributed by atoms with Crippen molar-refractivity contribution in [2.75, 3.05) is 0 Å². The van der Waals surface area contributed by atoms with Crippen LogP contribution >= 0.6 is 15.9 Å². The number of benzene rings is 1. The molecular formula is C12H14BrF2NOS. The average molecular weight is 338 g/mol. The summed E-state index contributed by atoms with van der Waals surface area (Å²) in [5.41, 5.74) is 0.0192. The van der Waals surface area contributed by atoms with Gasteiger partial charge in [-0.3, -0.25) is 0 Å². The molecular weight excluding hydrogens is 324 g/mol. The zero-order chi connectivity index (χ0) is 14.1. The number of nitrogens with zero attached hydrogens (tertiary/aromatic N) is 1. The van der Waals surface area contributed by atoms with Gasteiger partial charge in [-0.15, -0.1) is 0 Å². The van der Waals surface area contributed by atoms with Crippen LogP contribution in [0.5, 0.6) is 0 Å². The fourth-order valence-corrected chi connectivity index (χ4v) is 2.20. The Balaban J connectivity index is 3.20. The lowest BCUT2D eigenvalue weighted by Gasteiger charge is -2.13. The van der Waals surface area contributed by atoms with Crippen LogP contribution in [0, 0.1) is 18.6 Å². The van der Waals surface area contributed by atoms with Gasteiger partial charge in [-0.05, 0) is 55.3 Å². The lowest BCUT2D eigenvalue weighted by Crippen LogP contribution is -2.19. The summed E-state index contributed by atoms with van der Waals surface area (Å²) in [7, 11) is -1.55. The highest BCUT2D eigenvalue weighted by molar-refractivity contribution is 9.10. The molecule has 2 nitrogen and oxygen atoms in total. The minimum absolute atomic E-state index is 0.157. The van der Waals surface area contributed by atoms with Crippen LogP contribution < -0.4 is 0 Å². The highest BCUT2D eigenvalue weighted by atomic mass is 79.9. The predicted molar refractivity (Wildman–Crippen MR) is 74.3 cm³/mol. The monoisotopic (exact) mass is 337 g/mol. The fourth-order valence-electron chi connectivity index (χ4n) is 1.13. The molecule has 0 unspecified atom stereocenters. The summed E-state index contributed by atoms with van der Waals surface area (Å²) in [6.07, 6.45) is 0.990. The standard InChI is InChI=1S/C12H14BrF2NOS/c1-7-5-9(13)11(15)8(10(7)14)6-16-18(17)12(2,3)4/h5-6H,1-4H3/t18-/m1/s1. The Morgan fingerprint density at radius 2 is 1.89 bits per heavy atom. The van der Waals surface area contributed by atoms with Gasteiger partial charge in [-0.25, -0.2) is 13.0 Å². The summed E-state index contributed by atoms with van der Waals surface area (Å²) in [6.45, 7) is 6.73. The Morgan fingerprint density at radius 3 is 2.39 bits per heavy atom. The van der Waals surface area contributed by atoms with Crippen LogP contribution in [0.1, 0.15) is 31.9 Å². The first-order valence-electron chi connectivity index (χ1n) is 5.24. The van der Waals surface area contributed by atoms with Crippen molar-refractivity contribution in [2.24, 2.45) is 4.40 Å². The number of aryl methyl sites for hydroxylation is 1. The summed E-state index contributed by atoms with van der Waals surface area (Å²) in [5.74, 6) is -1.43. The Morgan fingerprint density at radius 1 is 1.33 bits per heavy atom. The summed E-state index contributed by atoms with van der Waals surface area (Å²) in [5, 5.41) is 0. The van der Waals surface area contributed by atoms with E-state index in [-0.39, 0.29) is 10.0 Å². The van der Waals surface area contributed by atoms with Crippen molar-refractivity contribution in [1.29, 1.82) is 0 Å². The molecule has 0 saturated carbocycles. The molecule has 0 aliphatic rings. The SMILES string of the molecule is Cc1cc(Br)c(F)c(C=N[S@](=O)C(C)(C)C)c1F. The van der Waals surface area contributed by atoms with Crippen LogP contribution in [0.3, 0.4) is 0 Å². The highest BCUT2D eigenvalue weighted by Gasteiger charge is 2.19. The fraction of sp³-hybridized carbons (Fsp3) is 0.417. The van der Waals surface area contributed by atoms with Gasteiger partial charge >= 0.3 is 0 Å². The molecule has 0 bridgehead atoms. The maximum Gasteiger partial charge on any atom is 0.149 e. The van der Waals surface area contributed by atoms with Crippen LogP contribution in [0.4, 0.5) is 8.78 Å². The largest absolute Gasteiger partial charge is 0.234 e. The number of halogens is 3. The van der Waals surface area contributed by atoms with Crippen molar-refractivity contribution < 1.29 is 13.0 Å². The molecule has 0 radical (unpaired) electrons. The van der Waals surface area contributed by atoms with E-state index in [9.17, 15) is 13.0 Å². The highest BCUT2D eigenvalue weighted by Crippen LogP contribution is 2.24. The van der Waals surface area contributed by atoms with E-state index in [2.05, 4.69) is 20.3 Å². The average Bonchev–Trinajstić information content (AvgIpc) is 2.25. The molecule has 6 heteroatoms. The van der Waals surface area contributed by atoms with E-state index in [1.165, 1.54) is 13.0 Å². The summed E-state index contributed by atoms with van der Waals surface area (Å²) >= 11 is 3.00. The first kappa shape index (κ1) is 15.4. The van der Waals surface area contributed by atoms with E-state index < -0.39 is 27.4 Å². The third kappa shape index (κ3) is 3.45. The third-order valence-electron chi connectivity index (χ3n) is 2.17. The molecule has 0 aliphatic heterocycles. The lowest BCUT2D eigenvalue weighted by molar-refractivity contribution is 0.570. The van der Waals surface area contributed by atoms with E-state index in [1.54, 1.807) is 20.8 Å². The predicted octanol–water partition coefficient (Wildman–Crippen LogP) is 3.92. The molecule has 0 saturated heterocycles. The van der Waals surface area contributed by atoms with Crippen molar-refractivity contribution in [3.63, 3.8) is 0 Å². The number of rotatable bonds is 2. The van der Waals surface area contributed by atoms with Crippen LogP contribution in [0.2, 0.25) is 0 Å². The summed E-state index contributed by atoms with van der Waals surface area (Å²) < 4.78 is 42.4. The van der Waals surface area contributed by atoms with Crippen molar-refractivity contribution in [2.45, 2.75) is 32.4 Å². The Bertz CT molecular complexity index is 498.